The van der Waals surface area contributed by atoms with Crippen LogP contribution in [0.5, 0.6) is 0 Å². The summed E-state index contributed by atoms with van der Waals surface area (Å²) in [6.45, 7) is 2.03. The predicted octanol–water partition coefficient (Wildman–Crippen LogP) is 0.750. The molecule has 0 aliphatic heterocycles. The van der Waals surface area contributed by atoms with Crippen molar-refractivity contribution in [1.29, 1.82) is 0 Å². The molecule has 2 heterocycles. The van der Waals surface area contributed by atoms with E-state index in [-0.39, 0.29) is 6.04 Å². The third-order valence-corrected chi connectivity index (χ3v) is 2.37. The largest absolute Gasteiger partial charge is 0.332 e. The molecule has 0 saturated heterocycles. The first-order valence-electron chi connectivity index (χ1n) is 5.27. The lowest BCUT2D eigenvalue weighted by Crippen LogP contribution is -2.21. The molecule has 2 rings (SSSR count). The minimum absolute atomic E-state index is 0.0779. The Balaban J connectivity index is 2.13. The van der Waals surface area contributed by atoms with Crippen LogP contribution in [0.15, 0.2) is 16.8 Å². The van der Waals surface area contributed by atoms with Crippen molar-refractivity contribution in [2.24, 2.45) is 12.8 Å². The summed E-state index contributed by atoms with van der Waals surface area (Å²) < 4.78 is 6.81. The van der Waals surface area contributed by atoms with E-state index in [0.717, 1.165) is 6.42 Å². The van der Waals surface area contributed by atoms with Gasteiger partial charge in [0.05, 0.1) is 0 Å². The lowest BCUT2D eigenvalue weighted by Gasteiger charge is -2.02. The molecule has 86 valence electrons. The Bertz CT molecular complexity index is 461. The molecule has 6 nitrogen and oxygen atoms in total. The van der Waals surface area contributed by atoms with Crippen LogP contribution < -0.4 is 5.73 Å². The molecule has 16 heavy (non-hydrogen) atoms. The normalized spacial score (nSPS) is 12.9. The molecule has 2 aromatic rings. The molecule has 1 atom stereocenters. The molecule has 0 bridgehead atoms. The summed E-state index contributed by atoms with van der Waals surface area (Å²) in [5.74, 6) is 1.08. The predicted molar refractivity (Wildman–Crippen MR) is 58.5 cm³/mol. The van der Waals surface area contributed by atoms with Crippen molar-refractivity contribution in [2.75, 3.05) is 0 Å². The molecule has 0 aromatic carbocycles. The highest BCUT2D eigenvalue weighted by atomic mass is 16.5. The Morgan fingerprint density at radius 2 is 2.38 bits per heavy atom. The molecule has 0 radical (unpaired) electrons. The van der Waals surface area contributed by atoms with Crippen LogP contribution in [0.4, 0.5) is 0 Å². The lowest BCUT2D eigenvalue weighted by atomic mass is 10.2. The molecule has 2 aromatic heterocycles. The van der Waals surface area contributed by atoms with Gasteiger partial charge in [-0.2, -0.15) is 10.1 Å². The topological polar surface area (TPSA) is 82.8 Å². The van der Waals surface area contributed by atoms with Crippen molar-refractivity contribution in [3.63, 3.8) is 0 Å². The van der Waals surface area contributed by atoms with Crippen molar-refractivity contribution in [1.82, 2.24) is 19.9 Å². The zero-order chi connectivity index (χ0) is 11.5. The van der Waals surface area contributed by atoms with Gasteiger partial charge in [-0.1, -0.05) is 12.1 Å². The van der Waals surface area contributed by atoms with Crippen LogP contribution in [0.3, 0.4) is 0 Å². The fourth-order valence-corrected chi connectivity index (χ4v) is 1.35. The van der Waals surface area contributed by atoms with E-state index >= 15 is 0 Å². The first kappa shape index (κ1) is 10.8. The summed E-state index contributed by atoms with van der Waals surface area (Å²) in [6.07, 6.45) is 3.36. The second-order valence-corrected chi connectivity index (χ2v) is 3.76. The Morgan fingerprint density at radius 3 is 3.00 bits per heavy atom. The minimum atomic E-state index is 0.0779. The Labute approximate surface area is 93.4 Å². The van der Waals surface area contributed by atoms with Gasteiger partial charge >= 0.3 is 0 Å². The summed E-state index contributed by atoms with van der Waals surface area (Å²) in [4.78, 5) is 4.25. The molecule has 2 N–H and O–H groups in total. The highest BCUT2D eigenvalue weighted by Gasteiger charge is 2.12. The van der Waals surface area contributed by atoms with Crippen LogP contribution in [0.2, 0.25) is 0 Å². The van der Waals surface area contributed by atoms with Crippen LogP contribution in [0, 0.1) is 0 Å². The lowest BCUT2D eigenvalue weighted by molar-refractivity contribution is 0.417. The van der Waals surface area contributed by atoms with Crippen LogP contribution in [0.1, 0.15) is 19.2 Å². The number of hydrogen-bond acceptors (Lipinski definition) is 5. The summed E-state index contributed by atoms with van der Waals surface area (Å²) in [6, 6.07) is 1.91. The maximum atomic E-state index is 5.82. The summed E-state index contributed by atoms with van der Waals surface area (Å²) in [5, 5.41) is 8.06. The van der Waals surface area contributed by atoms with E-state index in [0.29, 0.717) is 23.8 Å². The molecule has 1 unspecified atom stereocenters. The van der Waals surface area contributed by atoms with Gasteiger partial charge in [0.15, 0.2) is 11.5 Å². The molecular formula is C10H15N5O. The zero-order valence-electron chi connectivity index (χ0n) is 9.42. The van der Waals surface area contributed by atoms with Gasteiger partial charge in [0.25, 0.3) is 5.89 Å². The van der Waals surface area contributed by atoms with Crippen molar-refractivity contribution in [3.05, 3.63) is 18.1 Å². The number of nitrogens with two attached hydrogens (primary N) is 1. The van der Waals surface area contributed by atoms with E-state index in [1.54, 1.807) is 4.68 Å². The van der Waals surface area contributed by atoms with Crippen molar-refractivity contribution >= 4 is 0 Å². The van der Waals surface area contributed by atoms with E-state index in [1.165, 1.54) is 0 Å². The van der Waals surface area contributed by atoms with E-state index in [2.05, 4.69) is 15.2 Å². The molecule has 0 amide bonds. The maximum Gasteiger partial charge on any atom is 0.278 e. The van der Waals surface area contributed by atoms with E-state index < -0.39 is 0 Å². The summed E-state index contributed by atoms with van der Waals surface area (Å²) in [7, 11) is 1.84. The Kier molecular flexibility index (Phi) is 3.00. The standard InChI is InChI=1S/C10H15N5O/c1-3-7(11)6-9-12-10(16-14-9)8-4-5-15(2)13-8/h4-5,7H,3,6,11H2,1-2H3. The fraction of sp³-hybridized carbons (Fsp3) is 0.500. The number of rotatable bonds is 4. The summed E-state index contributed by atoms with van der Waals surface area (Å²) in [5.41, 5.74) is 6.50. The van der Waals surface area contributed by atoms with Crippen LogP contribution in [0.25, 0.3) is 11.6 Å². The quantitative estimate of drug-likeness (QED) is 0.823. The van der Waals surface area contributed by atoms with Gasteiger partial charge in [0.1, 0.15) is 0 Å². The number of nitrogens with zero attached hydrogens (tertiary/aromatic N) is 4. The maximum absolute atomic E-state index is 5.82. The number of hydrogen-bond donors (Lipinski definition) is 1. The van der Waals surface area contributed by atoms with Crippen molar-refractivity contribution in [3.8, 4) is 11.6 Å². The average Bonchev–Trinajstić information content (AvgIpc) is 2.87. The van der Waals surface area contributed by atoms with Crippen LogP contribution in [-0.2, 0) is 13.5 Å². The highest BCUT2D eigenvalue weighted by Crippen LogP contribution is 2.14. The molecule has 0 saturated carbocycles. The SMILES string of the molecule is CCC(N)Cc1noc(-c2ccn(C)n2)n1. The number of aryl methyl sites for hydroxylation is 1. The van der Waals surface area contributed by atoms with Crippen molar-refractivity contribution < 1.29 is 4.52 Å². The van der Waals surface area contributed by atoms with Crippen LogP contribution >= 0.6 is 0 Å². The van der Waals surface area contributed by atoms with E-state index in [9.17, 15) is 0 Å². The molecule has 0 aliphatic carbocycles. The Hall–Kier alpha value is -1.69. The van der Waals surface area contributed by atoms with Gasteiger partial charge in [0, 0.05) is 25.7 Å². The third-order valence-electron chi connectivity index (χ3n) is 2.37. The fourth-order valence-electron chi connectivity index (χ4n) is 1.35. The Morgan fingerprint density at radius 1 is 1.56 bits per heavy atom. The van der Waals surface area contributed by atoms with Crippen molar-refractivity contribution in [2.45, 2.75) is 25.8 Å². The monoisotopic (exact) mass is 221 g/mol. The zero-order valence-corrected chi connectivity index (χ0v) is 9.42. The van der Waals surface area contributed by atoms with Gasteiger partial charge in [-0.05, 0) is 12.5 Å². The van der Waals surface area contributed by atoms with Gasteiger partial charge in [-0.15, -0.1) is 0 Å². The van der Waals surface area contributed by atoms with Crippen LogP contribution in [-0.4, -0.2) is 26.0 Å². The first-order valence-corrected chi connectivity index (χ1v) is 5.27. The van der Waals surface area contributed by atoms with E-state index in [1.807, 2.05) is 26.2 Å². The molecule has 6 heteroatoms. The molecule has 0 aliphatic rings. The number of aromatic nitrogens is 4. The van der Waals surface area contributed by atoms with Gasteiger partial charge < -0.3 is 10.3 Å². The second kappa shape index (κ2) is 4.44. The van der Waals surface area contributed by atoms with Gasteiger partial charge in [-0.3, -0.25) is 4.68 Å². The summed E-state index contributed by atoms with van der Waals surface area (Å²) >= 11 is 0. The second-order valence-electron chi connectivity index (χ2n) is 3.76. The molecular weight excluding hydrogens is 206 g/mol. The first-order chi connectivity index (χ1) is 7.69. The third kappa shape index (κ3) is 2.27. The smallest absolute Gasteiger partial charge is 0.278 e. The highest BCUT2D eigenvalue weighted by molar-refractivity contribution is 5.44. The van der Waals surface area contributed by atoms with E-state index in [4.69, 9.17) is 10.3 Å². The average molecular weight is 221 g/mol. The molecule has 0 spiro atoms. The molecule has 0 fully saturated rings. The van der Waals surface area contributed by atoms with Gasteiger partial charge in [-0.25, -0.2) is 0 Å². The minimum Gasteiger partial charge on any atom is -0.332 e. The van der Waals surface area contributed by atoms with Gasteiger partial charge in [0.2, 0.25) is 0 Å².